The van der Waals surface area contributed by atoms with Gasteiger partial charge in [0.25, 0.3) is 0 Å². The van der Waals surface area contributed by atoms with E-state index in [0.717, 1.165) is 18.5 Å². The van der Waals surface area contributed by atoms with Crippen molar-refractivity contribution in [2.45, 2.75) is 31.3 Å². The van der Waals surface area contributed by atoms with E-state index in [0.29, 0.717) is 17.0 Å². The van der Waals surface area contributed by atoms with E-state index in [2.05, 4.69) is 11.0 Å². The van der Waals surface area contributed by atoms with Crippen molar-refractivity contribution in [2.75, 3.05) is 4.90 Å². The summed E-state index contributed by atoms with van der Waals surface area (Å²) in [4.78, 5) is 13.4. The van der Waals surface area contributed by atoms with Gasteiger partial charge in [-0.1, -0.05) is 17.7 Å². The van der Waals surface area contributed by atoms with E-state index >= 15 is 0 Å². The Morgan fingerprint density at radius 3 is 2.89 bits per heavy atom. The molecule has 3 atom stereocenters. The van der Waals surface area contributed by atoms with Crippen LogP contribution in [0.15, 0.2) is 18.2 Å². The van der Waals surface area contributed by atoms with Crippen LogP contribution in [-0.2, 0) is 4.79 Å². The van der Waals surface area contributed by atoms with Gasteiger partial charge in [0.2, 0.25) is 0 Å². The van der Waals surface area contributed by atoms with Crippen LogP contribution in [0.5, 0.6) is 0 Å². The lowest BCUT2D eigenvalue weighted by Crippen LogP contribution is -2.33. The first-order valence-electron chi connectivity index (χ1n) is 6.33. The van der Waals surface area contributed by atoms with Crippen LogP contribution in [0.2, 0.25) is 5.02 Å². The first kappa shape index (κ1) is 12.3. The zero-order chi connectivity index (χ0) is 13.6. The van der Waals surface area contributed by atoms with E-state index < -0.39 is 5.97 Å². The number of fused-ring (bicyclic) bond motifs is 2. The zero-order valence-electron chi connectivity index (χ0n) is 10.2. The molecule has 19 heavy (non-hydrogen) atoms. The van der Waals surface area contributed by atoms with Crippen molar-refractivity contribution >= 4 is 23.3 Å². The molecule has 1 N–H and O–H groups in total. The third-order valence-corrected chi connectivity index (χ3v) is 4.55. The smallest absolute Gasteiger partial charge is 0.308 e. The number of nitriles is 1. The van der Waals surface area contributed by atoms with Crippen LogP contribution in [-0.4, -0.2) is 23.2 Å². The summed E-state index contributed by atoms with van der Waals surface area (Å²) in [6.07, 6.45) is 2.53. The summed E-state index contributed by atoms with van der Waals surface area (Å²) in [6, 6.07) is 7.71. The van der Waals surface area contributed by atoms with Crippen LogP contribution < -0.4 is 4.90 Å². The molecule has 3 rings (SSSR count). The number of hydrogen-bond acceptors (Lipinski definition) is 3. The average molecular weight is 277 g/mol. The average Bonchev–Trinajstić information content (AvgIpc) is 2.95. The molecule has 0 aromatic heterocycles. The Kier molecular flexibility index (Phi) is 2.87. The Labute approximate surface area is 116 Å². The molecular formula is C14H13ClN2O2. The third kappa shape index (κ3) is 1.77. The number of hydrogen-bond donors (Lipinski definition) is 1. The number of rotatable bonds is 2. The molecule has 4 nitrogen and oxygen atoms in total. The van der Waals surface area contributed by atoms with Crippen LogP contribution in [0.25, 0.3) is 0 Å². The Morgan fingerprint density at radius 1 is 1.47 bits per heavy atom. The van der Waals surface area contributed by atoms with E-state index in [9.17, 15) is 15.2 Å². The summed E-state index contributed by atoms with van der Waals surface area (Å²) in [5, 5.41) is 18.9. The summed E-state index contributed by atoms with van der Waals surface area (Å²) in [6.45, 7) is 0. The lowest BCUT2D eigenvalue weighted by Gasteiger charge is -2.26. The van der Waals surface area contributed by atoms with Crippen LogP contribution in [0.3, 0.4) is 0 Å². The van der Waals surface area contributed by atoms with Crippen molar-refractivity contribution in [1.29, 1.82) is 5.26 Å². The van der Waals surface area contributed by atoms with E-state index in [1.54, 1.807) is 6.07 Å². The van der Waals surface area contributed by atoms with Crippen molar-refractivity contribution in [3.05, 3.63) is 28.8 Å². The summed E-state index contributed by atoms with van der Waals surface area (Å²) < 4.78 is 0. The Hall–Kier alpha value is -1.73. The Bertz CT molecular complexity index is 581. The Morgan fingerprint density at radius 2 is 2.26 bits per heavy atom. The number of nitrogens with zero attached hydrogens (tertiary/aromatic N) is 2. The molecule has 3 unspecified atom stereocenters. The van der Waals surface area contributed by atoms with Crippen molar-refractivity contribution in [1.82, 2.24) is 0 Å². The molecule has 2 aliphatic rings. The molecule has 98 valence electrons. The van der Waals surface area contributed by atoms with Crippen molar-refractivity contribution in [3.63, 3.8) is 0 Å². The molecule has 1 aromatic rings. The first-order valence-corrected chi connectivity index (χ1v) is 6.71. The Balaban J connectivity index is 2.03. The summed E-state index contributed by atoms with van der Waals surface area (Å²) in [7, 11) is 0. The highest BCUT2D eigenvalue weighted by atomic mass is 35.5. The summed E-state index contributed by atoms with van der Waals surface area (Å²) in [5.41, 5.74) is 1.23. The highest BCUT2D eigenvalue weighted by Crippen LogP contribution is 2.46. The standard InChI is InChI=1S/C14H13ClN2O2/c15-11-2-1-3-12(10(11)7-16)17-8-4-5-13(17)9(6-8)14(18)19/h1-3,8-9,13H,4-6H2,(H,18,19). The lowest BCUT2D eigenvalue weighted by molar-refractivity contribution is -0.142. The van der Waals surface area contributed by atoms with Crippen LogP contribution in [0.1, 0.15) is 24.8 Å². The maximum atomic E-state index is 11.3. The third-order valence-electron chi connectivity index (χ3n) is 4.24. The molecule has 0 aliphatic carbocycles. The number of carbonyl (C=O) groups is 1. The molecule has 2 saturated heterocycles. The predicted molar refractivity (Wildman–Crippen MR) is 71.2 cm³/mol. The molecule has 2 heterocycles. The molecule has 2 bridgehead atoms. The molecule has 0 radical (unpaired) electrons. The molecule has 1 aromatic carbocycles. The van der Waals surface area contributed by atoms with Gasteiger partial charge in [-0.15, -0.1) is 0 Å². The van der Waals surface area contributed by atoms with Crippen LogP contribution in [0.4, 0.5) is 5.69 Å². The van der Waals surface area contributed by atoms with Crippen molar-refractivity contribution in [3.8, 4) is 6.07 Å². The highest BCUT2D eigenvalue weighted by Gasteiger charge is 2.49. The second-order valence-corrected chi connectivity index (χ2v) is 5.54. The molecular weight excluding hydrogens is 264 g/mol. The topological polar surface area (TPSA) is 64.3 Å². The predicted octanol–water partition coefficient (Wildman–Crippen LogP) is 2.65. The lowest BCUT2D eigenvalue weighted by atomic mass is 9.89. The van der Waals surface area contributed by atoms with Gasteiger partial charge in [-0.2, -0.15) is 5.26 Å². The van der Waals surface area contributed by atoms with Crippen LogP contribution in [0, 0.1) is 17.2 Å². The maximum absolute atomic E-state index is 11.3. The summed E-state index contributed by atoms with van der Waals surface area (Å²) in [5.74, 6) is -1.07. The maximum Gasteiger partial charge on any atom is 0.308 e. The molecule has 0 amide bonds. The van der Waals surface area contributed by atoms with E-state index in [4.69, 9.17) is 11.6 Å². The van der Waals surface area contributed by atoms with Gasteiger partial charge in [-0.25, -0.2) is 0 Å². The van der Waals surface area contributed by atoms with Gasteiger partial charge in [0.15, 0.2) is 0 Å². The minimum absolute atomic E-state index is 0.00642. The number of anilines is 1. The zero-order valence-corrected chi connectivity index (χ0v) is 11.0. The molecule has 2 aliphatic heterocycles. The fourth-order valence-electron chi connectivity index (χ4n) is 3.47. The van der Waals surface area contributed by atoms with Gasteiger partial charge in [-0.3, -0.25) is 4.79 Å². The highest BCUT2D eigenvalue weighted by molar-refractivity contribution is 6.32. The second kappa shape index (κ2) is 4.43. The van der Waals surface area contributed by atoms with Gasteiger partial charge in [-0.05, 0) is 31.4 Å². The first-order chi connectivity index (χ1) is 9.13. The fourth-order valence-corrected chi connectivity index (χ4v) is 3.68. The number of carboxylic acids is 1. The quantitative estimate of drug-likeness (QED) is 0.902. The van der Waals surface area contributed by atoms with E-state index in [-0.39, 0.29) is 18.0 Å². The number of benzene rings is 1. The summed E-state index contributed by atoms with van der Waals surface area (Å²) >= 11 is 6.06. The molecule has 0 saturated carbocycles. The van der Waals surface area contributed by atoms with Crippen molar-refractivity contribution < 1.29 is 9.90 Å². The van der Waals surface area contributed by atoms with Gasteiger partial charge in [0.1, 0.15) is 6.07 Å². The van der Waals surface area contributed by atoms with Gasteiger partial charge < -0.3 is 10.0 Å². The molecule has 5 heteroatoms. The number of halogens is 1. The SMILES string of the molecule is N#Cc1c(Cl)cccc1N1C2CCC1C(C(=O)O)C2. The molecule has 0 spiro atoms. The van der Waals surface area contributed by atoms with Gasteiger partial charge >= 0.3 is 5.97 Å². The van der Waals surface area contributed by atoms with Crippen LogP contribution >= 0.6 is 11.6 Å². The number of carboxylic acid groups (broad SMARTS) is 1. The fraction of sp³-hybridized carbons (Fsp3) is 0.429. The largest absolute Gasteiger partial charge is 0.481 e. The minimum atomic E-state index is -0.738. The number of aliphatic carboxylic acids is 1. The van der Waals surface area contributed by atoms with E-state index in [1.807, 2.05) is 12.1 Å². The van der Waals surface area contributed by atoms with Gasteiger partial charge in [0, 0.05) is 12.1 Å². The minimum Gasteiger partial charge on any atom is -0.481 e. The monoisotopic (exact) mass is 276 g/mol. The second-order valence-electron chi connectivity index (χ2n) is 5.13. The van der Waals surface area contributed by atoms with E-state index in [1.165, 1.54) is 0 Å². The molecule has 2 fully saturated rings. The van der Waals surface area contributed by atoms with Gasteiger partial charge in [0.05, 0.1) is 22.2 Å². The normalized spacial score (nSPS) is 28.4. The van der Waals surface area contributed by atoms with Crippen molar-refractivity contribution in [2.24, 2.45) is 5.92 Å².